The van der Waals surface area contributed by atoms with Gasteiger partial charge in [-0.2, -0.15) is 0 Å². The van der Waals surface area contributed by atoms with Crippen molar-refractivity contribution in [1.82, 2.24) is 15.3 Å². The zero-order chi connectivity index (χ0) is 24.8. The van der Waals surface area contributed by atoms with Gasteiger partial charge in [-0.1, -0.05) is 17.7 Å². The van der Waals surface area contributed by atoms with Crippen molar-refractivity contribution in [2.75, 3.05) is 25.1 Å². The zero-order valence-corrected chi connectivity index (χ0v) is 20.3. The molecule has 1 atom stereocenters. The van der Waals surface area contributed by atoms with Crippen molar-refractivity contribution in [2.45, 2.75) is 62.8 Å². The number of unbranched alkanes of at least 4 members (excludes halogenated alkanes) is 1. The van der Waals surface area contributed by atoms with E-state index in [0.717, 1.165) is 50.2 Å². The van der Waals surface area contributed by atoms with Crippen LogP contribution in [0.2, 0.25) is 5.02 Å². The maximum atomic E-state index is 12.9. The van der Waals surface area contributed by atoms with E-state index in [9.17, 15) is 19.5 Å². The van der Waals surface area contributed by atoms with Crippen molar-refractivity contribution in [1.29, 1.82) is 0 Å². The standard InChI is InChI=1S/C25H31ClN4O5/c26-18-8-13-28-22(31)20(18)25(10-11-25)24(34)30-19(23(32)33)9-15-35-14-2-1-5-17-7-6-16-4-3-12-27-21(16)29-17/h6-8,13,19H,1-5,9-12,14-15H2,(H,27,29)(H,28,31)(H,30,34)(H,32,33)/t19-/m0/s1. The molecule has 0 saturated heterocycles. The van der Waals surface area contributed by atoms with Crippen LogP contribution in [0, 0.1) is 0 Å². The number of aromatic amines is 1. The van der Waals surface area contributed by atoms with Crippen molar-refractivity contribution >= 4 is 29.3 Å². The summed E-state index contributed by atoms with van der Waals surface area (Å²) in [5.74, 6) is -0.632. The number of carbonyl (C=O) groups excluding carboxylic acids is 1. The summed E-state index contributed by atoms with van der Waals surface area (Å²) in [7, 11) is 0. The maximum absolute atomic E-state index is 12.9. The Morgan fingerprint density at radius 1 is 1.23 bits per heavy atom. The topological polar surface area (TPSA) is 133 Å². The zero-order valence-electron chi connectivity index (χ0n) is 19.6. The summed E-state index contributed by atoms with van der Waals surface area (Å²) in [4.78, 5) is 44.1. The van der Waals surface area contributed by atoms with E-state index in [4.69, 9.17) is 16.3 Å². The molecule has 0 bridgehead atoms. The van der Waals surface area contributed by atoms with Crippen molar-refractivity contribution in [3.05, 3.63) is 56.6 Å². The largest absolute Gasteiger partial charge is 0.480 e. The van der Waals surface area contributed by atoms with Crippen LogP contribution in [0.15, 0.2) is 29.2 Å². The molecule has 35 heavy (non-hydrogen) atoms. The Hall–Kier alpha value is -2.91. The first-order chi connectivity index (χ1) is 16.9. The van der Waals surface area contributed by atoms with E-state index >= 15 is 0 Å². The van der Waals surface area contributed by atoms with Crippen LogP contribution in [-0.4, -0.2) is 52.8 Å². The molecule has 0 unspecified atom stereocenters. The second-order valence-corrected chi connectivity index (χ2v) is 9.58. The summed E-state index contributed by atoms with van der Waals surface area (Å²) < 4.78 is 5.62. The van der Waals surface area contributed by atoms with Gasteiger partial charge in [-0.3, -0.25) is 9.59 Å². The molecule has 10 heteroatoms. The number of carbonyl (C=O) groups is 2. The van der Waals surface area contributed by atoms with Crippen molar-refractivity contribution in [3.63, 3.8) is 0 Å². The van der Waals surface area contributed by atoms with Gasteiger partial charge in [0.25, 0.3) is 5.56 Å². The van der Waals surface area contributed by atoms with Crippen LogP contribution in [0.1, 0.15) is 55.3 Å². The highest BCUT2D eigenvalue weighted by atomic mass is 35.5. The smallest absolute Gasteiger partial charge is 0.326 e. The lowest BCUT2D eigenvalue weighted by atomic mass is 9.95. The van der Waals surface area contributed by atoms with E-state index < -0.39 is 28.9 Å². The first kappa shape index (κ1) is 25.2. The average molecular weight is 503 g/mol. The number of rotatable bonds is 12. The fraction of sp³-hybridized carbons (Fsp3) is 0.520. The molecule has 0 spiro atoms. The number of aliphatic carboxylic acids is 1. The summed E-state index contributed by atoms with van der Waals surface area (Å²) in [6.45, 7) is 1.68. The number of H-pyrrole nitrogens is 1. The molecule has 1 aliphatic carbocycles. The maximum Gasteiger partial charge on any atom is 0.326 e. The summed E-state index contributed by atoms with van der Waals surface area (Å²) in [6.07, 6.45) is 7.26. The minimum absolute atomic E-state index is 0.133. The fourth-order valence-electron chi connectivity index (χ4n) is 4.49. The number of ether oxygens (including phenoxy) is 1. The van der Waals surface area contributed by atoms with Crippen molar-refractivity contribution in [2.24, 2.45) is 0 Å². The Kier molecular flexibility index (Phi) is 8.07. The number of pyridine rings is 2. The molecule has 1 saturated carbocycles. The Balaban J connectivity index is 1.19. The Bertz CT molecular complexity index is 1130. The summed E-state index contributed by atoms with van der Waals surface area (Å²) in [5.41, 5.74) is 1.03. The highest BCUT2D eigenvalue weighted by molar-refractivity contribution is 6.31. The molecule has 1 fully saturated rings. The molecular weight excluding hydrogens is 472 g/mol. The van der Waals surface area contributed by atoms with Gasteiger partial charge >= 0.3 is 5.97 Å². The number of fused-ring (bicyclic) bond motifs is 1. The molecular formula is C25H31ClN4O5. The lowest BCUT2D eigenvalue weighted by Gasteiger charge is -2.20. The molecule has 9 nitrogen and oxygen atoms in total. The van der Waals surface area contributed by atoms with Crippen LogP contribution in [0.5, 0.6) is 0 Å². The fourth-order valence-corrected chi connectivity index (χ4v) is 4.82. The quantitative estimate of drug-likeness (QED) is 0.328. The second kappa shape index (κ2) is 11.2. The third-order valence-electron chi connectivity index (χ3n) is 6.65. The van der Waals surface area contributed by atoms with Gasteiger partial charge in [-0.25, -0.2) is 9.78 Å². The molecule has 0 aromatic carbocycles. The van der Waals surface area contributed by atoms with Crippen LogP contribution in [0.4, 0.5) is 5.82 Å². The average Bonchev–Trinajstić information content (AvgIpc) is 3.64. The lowest BCUT2D eigenvalue weighted by Crippen LogP contribution is -2.47. The molecule has 188 valence electrons. The van der Waals surface area contributed by atoms with Crippen LogP contribution in [0.3, 0.4) is 0 Å². The molecule has 2 aliphatic rings. The lowest BCUT2D eigenvalue weighted by molar-refractivity contribution is -0.142. The van der Waals surface area contributed by atoms with Gasteiger partial charge in [0.05, 0.1) is 16.0 Å². The predicted octanol–water partition coefficient (Wildman–Crippen LogP) is 2.81. The number of halogens is 1. The van der Waals surface area contributed by atoms with E-state index in [-0.39, 0.29) is 23.6 Å². The number of carboxylic acid groups (broad SMARTS) is 1. The van der Waals surface area contributed by atoms with E-state index in [1.54, 1.807) is 0 Å². The highest BCUT2D eigenvalue weighted by Crippen LogP contribution is 2.49. The molecule has 1 aliphatic heterocycles. The Morgan fingerprint density at radius 2 is 2.06 bits per heavy atom. The van der Waals surface area contributed by atoms with E-state index in [1.807, 2.05) is 0 Å². The molecule has 4 rings (SSSR count). The highest BCUT2D eigenvalue weighted by Gasteiger charge is 2.54. The number of nitrogens with zero attached hydrogens (tertiary/aromatic N) is 1. The first-order valence-electron chi connectivity index (χ1n) is 12.1. The van der Waals surface area contributed by atoms with E-state index in [2.05, 4.69) is 32.7 Å². The second-order valence-electron chi connectivity index (χ2n) is 9.17. The van der Waals surface area contributed by atoms with Crippen molar-refractivity contribution < 1.29 is 19.4 Å². The van der Waals surface area contributed by atoms with Gasteiger partial charge in [0, 0.05) is 38.1 Å². The molecule has 1 amide bonds. The predicted molar refractivity (Wildman–Crippen MR) is 132 cm³/mol. The normalized spacial score (nSPS) is 16.6. The monoisotopic (exact) mass is 502 g/mol. The van der Waals surface area contributed by atoms with Gasteiger partial charge in [0.2, 0.25) is 5.91 Å². The number of anilines is 1. The molecule has 4 N–H and O–H groups in total. The van der Waals surface area contributed by atoms with Crippen LogP contribution < -0.4 is 16.2 Å². The van der Waals surface area contributed by atoms with Crippen LogP contribution >= 0.6 is 11.6 Å². The Labute approximate surface area is 208 Å². The minimum atomic E-state index is -1.14. The molecule has 3 heterocycles. The number of hydrogen-bond donors (Lipinski definition) is 4. The van der Waals surface area contributed by atoms with Gasteiger partial charge in [0.1, 0.15) is 11.9 Å². The Morgan fingerprint density at radius 3 is 2.80 bits per heavy atom. The number of aromatic nitrogens is 2. The third kappa shape index (κ3) is 6.02. The molecule has 0 radical (unpaired) electrons. The first-order valence-corrected chi connectivity index (χ1v) is 12.5. The number of nitrogens with one attached hydrogen (secondary N) is 3. The van der Waals surface area contributed by atoms with Crippen LogP contribution in [-0.2, 0) is 32.6 Å². The molecule has 2 aromatic rings. The van der Waals surface area contributed by atoms with Gasteiger partial charge in [-0.15, -0.1) is 0 Å². The van der Waals surface area contributed by atoms with E-state index in [1.165, 1.54) is 17.8 Å². The SMILES string of the molecule is O=C(O)[C@H](CCOCCCCc1ccc2c(n1)NCCC2)NC(=O)C1(c2c(Cl)cc[nH]c2=O)CC1. The number of amides is 1. The number of aryl methyl sites for hydroxylation is 2. The van der Waals surface area contributed by atoms with Gasteiger partial charge in [-0.05, 0) is 62.6 Å². The molecule has 2 aromatic heterocycles. The third-order valence-corrected chi connectivity index (χ3v) is 6.97. The van der Waals surface area contributed by atoms with Gasteiger partial charge < -0.3 is 25.5 Å². The summed E-state index contributed by atoms with van der Waals surface area (Å²) >= 11 is 6.17. The van der Waals surface area contributed by atoms with Crippen molar-refractivity contribution in [3.8, 4) is 0 Å². The summed E-state index contributed by atoms with van der Waals surface area (Å²) in [5, 5.41) is 15.7. The number of carboxylic acids is 1. The van der Waals surface area contributed by atoms with Gasteiger partial charge in [0.15, 0.2) is 0 Å². The minimum Gasteiger partial charge on any atom is -0.480 e. The van der Waals surface area contributed by atoms with Crippen LogP contribution in [0.25, 0.3) is 0 Å². The van der Waals surface area contributed by atoms with E-state index in [0.29, 0.717) is 19.4 Å². The number of hydrogen-bond acceptors (Lipinski definition) is 6. The summed E-state index contributed by atoms with van der Waals surface area (Å²) in [6, 6.07) is 4.64.